The molecule has 0 atom stereocenters. The van der Waals surface area contributed by atoms with Crippen LogP contribution in [0, 0.1) is 0 Å². The number of rotatable bonds is 3. The van der Waals surface area contributed by atoms with Gasteiger partial charge < -0.3 is 15.3 Å². The van der Waals surface area contributed by atoms with E-state index in [4.69, 9.17) is 0 Å². The minimum atomic E-state index is -0.109. The standard InChI is InChI=1S/C19H16O3/c20-12-13-9-14(16-5-1-3-7-18(16)21)11-15(10-13)17-6-2-4-8-19(17)22/h1-11,20-22H,12H2. The summed E-state index contributed by atoms with van der Waals surface area (Å²) in [6, 6.07) is 19.7. The number of aliphatic hydroxyl groups is 1. The second-order valence-corrected chi connectivity index (χ2v) is 5.11. The quantitative estimate of drug-likeness (QED) is 0.685. The van der Waals surface area contributed by atoms with Crippen molar-refractivity contribution in [3.05, 3.63) is 72.3 Å². The average Bonchev–Trinajstić information content (AvgIpc) is 2.55. The summed E-state index contributed by atoms with van der Waals surface area (Å²) in [6.45, 7) is -0.109. The zero-order valence-corrected chi connectivity index (χ0v) is 11.9. The first-order valence-electron chi connectivity index (χ1n) is 7.00. The Hall–Kier alpha value is -2.78. The Labute approximate surface area is 128 Å². The summed E-state index contributed by atoms with van der Waals surface area (Å²) in [6.07, 6.45) is 0. The normalized spacial score (nSPS) is 10.6. The summed E-state index contributed by atoms with van der Waals surface area (Å²) in [7, 11) is 0. The largest absolute Gasteiger partial charge is 0.507 e. The van der Waals surface area contributed by atoms with E-state index in [0.29, 0.717) is 11.1 Å². The molecule has 0 aliphatic rings. The van der Waals surface area contributed by atoms with Crippen molar-refractivity contribution in [1.29, 1.82) is 0 Å². The van der Waals surface area contributed by atoms with Crippen LogP contribution in [0.2, 0.25) is 0 Å². The van der Waals surface area contributed by atoms with Crippen molar-refractivity contribution in [2.75, 3.05) is 0 Å². The minimum Gasteiger partial charge on any atom is -0.507 e. The first-order valence-corrected chi connectivity index (χ1v) is 7.00. The van der Waals surface area contributed by atoms with Crippen LogP contribution in [0.3, 0.4) is 0 Å². The van der Waals surface area contributed by atoms with Gasteiger partial charge in [-0.3, -0.25) is 0 Å². The van der Waals surface area contributed by atoms with Crippen molar-refractivity contribution >= 4 is 0 Å². The van der Waals surface area contributed by atoms with E-state index in [1.165, 1.54) is 0 Å². The fourth-order valence-electron chi connectivity index (χ4n) is 2.53. The summed E-state index contributed by atoms with van der Waals surface area (Å²) < 4.78 is 0. The fraction of sp³-hybridized carbons (Fsp3) is 0.0526. The molecule has 0 aliphatic heterocycles. The van der Waals surface area contributed by atoms with Crippen LogP contribution < -0.4 is 0 Å². The highest BCUT2D eigenvalue weighted by atomic mass is 16.3. The number of aliphatic hydroxyl groups excluding tert-OH is 1. The number of hydrogen-bond donors (Lipinski definition) is 3. The molecule has 0 spiro atoms. The first-order chi connectivity index (χ1) is 10.7. The van der Waals surface area contributed by atoms with E-state index in [-0.39, 0.29) is 18.1 Å². The molecule has 0 saturated heterocycles. The zero-order valence-electron chi connectivity index (χ0n) is 11.9. The van der Waals surface area contributed by atoms with E-state index >= 15 is 0 Å². The van der Waals surface area contributed by atoms with Gasteiger partial charge in [-0.25, -0.2) is 0 Å². The van der Waals surface area contributed by atoms with Crippen LogP contribution in [-0.4, -0.2) is 15.3 Å². The second kappa shape index (κ2) is 5.92. The van der Waals surface area contributed by atoms with Gasteiger partial charge in [0, 0.05) is 11.1 Å². The number of benzene rings is 3. The maximum Gasteiger partial charge on any atom is 0.123 e. The van der Waals surface area contributed by atoms with Crippen LogP contribution in [0.15, 0.2) is 66.7 Å². The molecule has 3 heteroatoms. The SMILES string of the molecule is OCc1cc(-c2ccccc2O)cc(-c2ccccc2O)c1. The molecule has 0 unspecified atom stereocenters. The number of hydrogen-bond acceptors (Lipinski definition) is 3. The predicted molar refractivity (Wildman–Crippen MR) is 86.6 cm³/mol. The maximum atomic E-state index is 10.0. The van der Waals surface area contributed by atoms with Crippen molar-refractivity contribution in [2.24, 2.45) is 0 Å². The Morgan fingerprint density at radius 1 is 0.636 bits per heavy atom. The molecule has 0 bridgehead atoms. The predicted octanol–water partition coefficient (Wildman–Crippen LogP) is 3.92. The summed E-state index contributed by atoms with van der Waals surface area (Å²) in [5.74, 6) is 0.363. The molecule has 110 valence electrons. The molecule has 0 aliphatic carbocycles. The monoisotopic (exact) mass is 292 g/mol. The van der Waals surface area contributed by atoms with Gasteiger partial charge in [0.2, 0.25) is 0 Å². The van der Waals surface area contributed by atoms with E-state index < -0.39 is 0 Å². The Kier molecular flexibility index (Phi) is 3.81. The molecule has 0 radical (unpaired) electrons. The number of phenols is 2. The molecular weight excluding hydrogens is 276 g/mol. The Balaban J connectivity index is 2.20. The van der Waals surface area contributed by atoms with Gasteiger partial charge in [0.15, 0.2) is 0 Å². The average molecular weight is 292 g/mol. The molecule has 22 heavy (non-hydrogen) atoms. The van der Waals surface area contributed by atoms with Gasteiger partial charge in [-0.05, 0) is 47.0 Å². The molecule has 0 heterocycles. The van der Waals surface area contributed by atoms with Crippen molar-refractivity contribution in [3.63, 3.8) is 0 Å². The Bertz CT molecular complexity index is 746. The molecule has 3 aromatic rings. The van der Waals surface area contributed by atoms with Crippen LogP contribution in [0.25, 0.3) is 22.3 Å². The maximum absolute atomic E-state index is 10.0. The summed E-state index contributed by atoms with van der Waals surface area (Å²) in [5, 5.41) is 29.6. The van der Waals surface area contributed by atoms with Gasteiger partial charge in [0.25, 0.3) is 0 Å². The van der Waals surface area contributed by atoms with E-state index in [2.05, 4.69) is 0 Å². The second-order valence-electron chi connectivity index (χ2n) is 5.11. The minimum absolute atomic E-state index is 0.109. The van der Waals surface area contributed by atoms with Crippen LogP contribution in [0.5, 0.6) is 11.5 Å². The molecular formula is C19H16O3. The lowest BCUT2D eigenvalue weighted by Gasteiger charge is -2.11. The molecule has 3 rings (SSSR count). The van der Waals surface area contributed by atoms with Crippen LogP contribution in [0.4, 0.5) is 0 Å². The smallest absolute Gasteiger partial charge is 0.123 e. The van der Waals surface area contributed by atoms with Gasteiger partial charge >= 0.3 is 0 Å². The summed E-state index contributed by atoms with van der Waals surface area (Å²) in [4.78, 5) is 0. The Morgan fingerprint density at radius 3 is 1.50 bits per heavy atom. The van der Waals surface area contributed by atoms with Gasteiger partial charge in [0.05, 0.1) is 6.61 Å². The summed E-state index contributed by atoms with van der Waals surface area (Å²) in [5.41, 5.74) is 3.69. The third kappa shape index (κ3) is 2.67. The van der Waals surface area contributed by atoms with Gasteiger partial charge in [-0.2, -0.15) is 0 Å². The lowest BCUT2D eigenvalue weighted by Crippen LogP contribution is -1.89. The van der Waals surface area contributed by atoms with Gasteiger partial charge in [0.1, 0.15) is 11.5 Å². The van der Waals surface area contributed by atoms with E-state index in [0.717, 1.165) is 16.7 Å². The third-order valence-corrected chi connectivity index (χ3v) is 3.61. The zero-order chi connectivity index (χ0) is 15.5. The van der Waals surface area contributed by atoms with Crippen LogP contribution in [0.1, 0.15) is 5.56 Å². The van der Waals surface area contributed by atoms with Crippen molar-refractivity contribution in [3.8, 4) is 33.8 Å². The molecule has 0 saturated carbocycles. The van der Waals surface area contributed by atoms with Crippen LogP contribution >= 0.6 is 0 Å². The molecule has 3 aromatic carbocycles. The van der Waals surface area contributed by atoms with E-state index in [9.17, 15) is 15.3 Å². The molecule has 0 fully saturated rings. The molecule has 0 amide bonds. The van der Waals surface area contributed by atoms with E-state index in [1.807, 2.05) is 42.5 Å². The van der Waals surface area contributed by atoms with Crippen molar-refractivity contribution < 1.29 is 15.3 Å². The molecule has 3 nitrogen and oxygen atoms in total. The topological polar surface area (TPSA) is 60.7 Å². The van der Waals surface area contributed by atoms with Gasteiger partial charge in [-0.1, -0.05) is 36.4 Å². The van der Waals surface area contributed by atoms with Crippen LogP contribution in [-0.2, 0) is 6.61 Å². The molecule has 0 aromatic heterocycles. The van der Waals surface area contributed by atoms with Gasteiger partial charge in [-0.15, -0.1) is 0 Å². The van der Waals surface area contributed by atoms with Crippen molar-refractivity contribution in [2.45, 2.75) is 6.61 Å². The number of aromatic hydroxyl groups is 2. The summed E-state index contributed by atoms with van der Waals surface area (Å²) >= 11 is 0. The third-order valence-electron chi connectivity index (χ3n) is 3.61. The first kappa shape index (κ1) is 14.2. The lowest BCUT2D eigenvalue weighted by atomic mass is 9.95. The van der Waals surface area contributed by atoms with E-state index in [1.54, 1.807) is 24.3 Å². The molecule has 3 N–H and O–H groups in total. The lowest BCUT2D eigenvalue weighted by molar-refractivity contribution is 0.282. The number of para-hydroxylation sites is 2. The van der Waals surface area contributed by atoms with Crippen molar-refractivity contribution in [1.82, 2.24) is 0 Å². The Morgan fingerprint density at radius 2 is 1.09 bits per heavy atom. The highest BCUT2D eigenvalue weighted by Gasteiger charge is 2.10. The fourth-order valence-corrected chi connectivity index (χ4v) is 2.53. The highest BCUT2D eigenvalue weighted by Crippen LogP contribution is 2.35. The number of phenolic OH excluding ortho intramolecular Hbond substituents is 2. The highest BCUT2D eigenvalue weighted by molar-refractivity contribution is 5.79.